The summed E-state index contributed by atoms with van der Waals surface area (Å²) in [4.78, 5) is 11.3. The molecule has 1 amide bonds. The van der Waals surface area contributed by atoms with E-state index in [0.717, 1.165) is 0 Å². The first-order valence-corrected chi connectivity index (χ1v) is 5.20. The molecule has 0 fully saturated rings. The van der Waals surface area contributed by atoms with Crippen molar-refractivity contribution in [2.24, 2.45) is 0 Å². The van der Waals surface area contributed by atoms with Gasteiger partial charge < -0.3 is 10.1 Å². The van der Waals surface area contributed by atoms with Crippen molar-refractivity contribution in [2.45, 2.75) is 13.3 Å². The monoisotopic (exact) mass is 230 g/mol. The Hall–Kier alpha value is -2.28. The standard InChI is InChI=1S/C13H14N2O2/c1-10(2)13(16)15-11-4-6-12(7-5-11)17-9-3-8-14/h4-7H,1,3,9H2,2H3,(H,15,16). The van der Waals surface area contributed by atoms with Crippen LogP contribution in [0.15, 0.2) is 36.4 Å². The summed E-state index contributed by atoms with van der Waals surface area (Å²) >= 11 is 0. The van der Waals surface area contributed by atoms with Gasteiger partial charge in [0.05, 0.1) is 12.5 Å². The molecule has 17 heavy (non-hydrogen) atoms. The van der Waals surface area contributed by atoms with Crippen molar-refractivity contribution < 1.29 is 9.53 Å². The van der Waals surface area contributed by atoms with Gasteiger partial charge >= 0.3 is 0 Å². The average Bonchev–Trinajstić information content (AvgIpc) is 2.31. The van der Waals surface area contributed by atoms with Gasteiger partial charge in [-0.05, 0) is 31.2 Å². The smallest absolute Gasteiger partial charge is 0.250 e. The molecule has 0 aliphatic heterocycles. The molecule has 88 valence electrons. The first-order valence-electron chi connectivity index (χ1n) is 5.20. The summed E-state index contributed by atoms with van der Waals surface area (Å²) in [5.74, 6) is 0.469. The molecule has 1 N–H and O–H groups in total. The molecule has 0 unspecified atom stereocenters. The third-order valence-corrected chi connectivity index (χ3v) is 1.98. The maximum absolute atomic E-state index is 11.3. The fourth-order valence-electron chi connectivity index (χ4n) is 1.09. The molecule has 0 atom stereocenters. The predicted octanol–water partition coefficient (Wildman–Crippen LogP) is 2.49. The Labute approximate surface area is 101 Å². The predicted molar refractivity (Wildman–Crippen MR) is 65.6 cm³/mol. The number of benzene rings is 1. The van der Waals surface area contributed by atoms with Gasteiger partial charge in [0.15, 0.2) is 0 Å². The van der Waals surface area contributed by atoms with Crippen molar-refractivity contribution in [3.8, 4) is 11.8 Å². The normalized spacial score (nSPS) is 9.18. The fourth-order valence-corrected chi connectivity index (χ4v) is 1.09. The molecule has 0 aliphatic carbocycles. The quantitative estimate of drug-likeness (QED) is 0.624. The molecule has 1 aromatic rings. The van der Waals surface area contributed by atoms with E-state index in [-0.39, 0.29) is 5.91 Å². The molecule has 0 heterocycles. The second-order valence-corrected chi connectivity index (χ2v) is 3.52. The number of anilines is 1. The van der Waals surface area contributed by atoms with Gasteiger partial charge in [-0.1, -0.05) is 6.58 Å². The van der Waals surface area contributed by atoms with Gasteiger partial charge in [-0.2, -0.15) is 5.26 Å². The molecule has 1 aromatic carbocycles. The Kier molecular flexibility index (Phi) is 4.77. The number of nitriles is 1. The van der Waals surface area contributed by atoms with Gasteiger partial charge in [-0.3, -0.25) is 4.79 Å². The van der Waals surface area contributed by atoms with Crippen molar-refractivity contribution in [1.82, 2.24) is 0 Å². The molecule has 4 nitrogen and oxygen atoms in total. The minimum absolute atomic E-state index is 0.205. The lowest BCUT2D eigenvalue weighted by Gasteiger charge is -2.07. The van der Waals surface area contributed by atoms with Crippen LogP contribution >= 0.6 is 0 Å². The molecule has 0 saturated heterocycles. The Morgan fingerprint density at radius 3 is 2.65 bits per heavy atom. The number of hydrogen-bond donors (Lipinski definition) is 1. The summed E-state index contributed by atoms with van der Waals surface area (Å²) in [5, 5.41) is 11.0. The Bertz CT molecular complexity index is 443. The molecule has 0 radical (unpaired) electrons. The van der Waals surface area contributed by atoms with Crippen molar-refractivity contribution in [3.05, 3.63) is 36.4 Å². The Morgan fingerprint density at radius 2 is 2.12 bits per heavy atom. The van der Waals surface area contributed by atoms with Crippen molar-refractivity contribution >= 4 is 11.6 Å². The number of nitrogens with zero attached hydrogens (tertiary/aromatic N) is 1. The summed E-state index contributed by atoms with van der Waals surface area (Å²) < 4.78 is 5.30. The zero-order chi connectivity index (χ0) is 12.7. The van der Waals surface area contributed by atoms with Gasteiger partial charge in [0.1, 0.15) is 12.4 Å². The Balaban J connectivity index is 2.53. The van der Waals surface area contributed by atoms with Gasteiger partial charge in [-0.15, -0.1) is 0 Å². The molecule has 0 aliphatic rings. The van der Waals surface area contributed by atoms with E-state index in [9.17, 15) is 4.79 Å². The summed E-state index contributed by atoms with van der Waals surface area (Å²) in [6, 6.07) is 8.96. The maximum atomic E-state index is 11.3. The van der Waals surface area contributed by atoms with E-state index in [2.05, 4.69) is 11.9 Å². The average molecular weight is 230 g/mol. The highest BCUT2D eigenvalue weighted by Crippen LogP contribution is 2.16. The number of rotatable bonds is 5. The minimum Gasteiger partial charge on any atom is -0.493 e. The van der Waals surface area contributed by atoms with Crippen molar-refractivity contribution in [2.75, 3.05) is 11.9 Å². The number of carbonyl (C=O) groups excluding carboxylic acids is 1. The Morgan fingerprint density at radius 1 is 1.47 bits per heavy atom. The van der Waals surface area contributed by atoms with Crippen LogP contribution in [0.1, 0.15) is 13.3 Å². The van der Waals surface area contributed by atoms with Crippen LogP contribution in [-0.4, -0.2) is 12.5 Å². The summed E-state index contributed by atoms with van der Waals surface area (Å²) in [7, 11) is 0. The zero-order valence-electron chi connectivity index (χ0n) is 9.69. The second kappa shape index (κ2) is 6.33. The maximum Gasteiger partial charge on any atom is 0.250 e. The summed E-state index contributed by atoms with van der Waals surface area (Å²) in [6.07, 6.45) is 0.355. The molecular formula is C13H14N2O2. The lowest BCUT2D eigenvalue weighted by molar-refractivity contribution is -0.112. The number of nitrogens with one attached hydrogen (secondary N) is 1. The fraction of sp³-hybridized carbons (Fsp3) is 0.231. The van der Waals surface area contributed by atoms with Crippen LogP contribution in [0.2, 0.25) is 0 Å². The first kappa shape index (κ1) is 12.8. The van der Waals surface area contributed by atoms with E-state index in [1.54, 1.807) is 31.2 Å². The zero-order valence-corrected chi connectivity index (χ0v) is 9.69. The highest BCUT2D eigenvalue weighted by molar-refractivity contribution is 6.02. The summed E-state index contributed by atoms with van der Waals surface area (Å²) in [5.41, 5.74) is 1.14. The third kappa shape index (κ3) is 4.39. The lowest BCUT2D eigenvalue weighted by Crippen LogP contribution is -2.11. The minimum atomic E-state index is -0.205. The molecule has 0 saturated carbocycles. The second-order valence-electron chi connectivity index (χ2n) is 3.52. The van der Waals surface area contributed by atoms with E-state index >= 15 is 0 Å². The van der Waals surface area contributed by atoms with Gasteiger partial charge in [0, 0.05) is 11.3 Å². The van der Waals surface area contributed by atoms with Crippen molar-refractivity contribution in [1.29, 1.82) is 5.26 Å². The number of carbonyl (C=O) groups is 1. The van der Waals surface area contributed by atoms with Gasteiger partial charge in [-0.25, -0.2) is 0 Å². The molecule has 1 rings (SSSR count). The van der Waals surface area contributed by atoms with E-state index < -0.39 is 0 Å². The highest BCUT2D eigenvalue weighted by atomic mass is 16.5. The molecule has 0 spiro atoms. The molecule has 0 aromatic heterocycles. The van der Waals surface area contributed by atoms with Gasteiger partial charge in [0.25, 0.3) is 5.91 Å². The van der Waals surface area contributed by atoms with Gasteiger partial charge in [0.2, 0.25) is 0 Å². The van der Waals surface area contributed by atoms with Crippen LogP contribution in [0.5, 0.6) is 5.75 Å². The number of hydrogen-bond acceptors (Lipinski definition) is 3. The topological polar surface area (TPSA) is 62.1 Å². The number of amides is 1. The van der Waals surface area contributed by atoms with Crippen LogP contribution in [0.4, 0.5) is 5.69 Å². The van der Waals surface area contributed by atoms with E-state index in [0.29, 0.717) is 30.0 Å². The van der Waals surface area contributed by atoms with E-state index in [1.807, 2.05) is 6.07 Å². The van der Waals surface area contributed by atoms with Crippen LogP contribution in [0.25, 0.3) is 0 Å². The summed E-state index contributed by atoms with van der Waals surface area (Å²) in [6.45, 7) is 5.57. The van der Waals surface area contributed by atoms with Crippen LogP contribution in [0.3, 0.4) is 0 Å². The molecule has 4 heteroatoms. The largest absolute Gasteiger partial charge is 0.493 e. The SMILES string of the molecule is C=C(C)C(=O)Nc1ccc(OCCC#N)cc1. The van der Waals surface area contributed by atoms with E-state index in [1.165, 1.54) is 0 Å². The lowest BCUT2D eigenvalue weighted by atomic mass is 10.2. The van der Waals surface area contributed by atoms with Crippen molar-refractivity contribution in [3.63, 3.8) is 0 Å². The first-order chi connectivity index (χ1) is 8.13. The third-order valence-electron chi connectivity index (χ3n) is 1.98. The van der Waals surface area contributed by atoms with Crippen LogP contribution < -0.4 is 10.1 Å². The highest BCUT2D eigenvalue weighted by Gasteiger charge is 2.02. The van der Waals surface area contributed by atoms with Crippen LogP contribution in [0, 0.1) is 11.3 Å². The van der Waals surface area contributed by atoms with Crippen LogP contribution in [-0.2, 0) is 4.79 Å². The molecule has 0 bridgehead atoms. The number of ether oxygens (including phenoxy) is 1. The molecular weight excluding hydrogens is 216 g/mol. The van der Waals surface area contributed by atoms with E-state index in [4.69, 9.17) is 10.00 Å².